The molecule has 1 N–H and O–H groups in total. The smallest absolute Gasteiger partial charge is 0.238 e. The van der Waals surface area contributed by atoms with Crippen molar-refractivity contribution in [2.24, 2.45) is 7.05 Å². The summed E-state index contributed by atoms with van der Waals surface area (Å²) < 4.78 is 1.74. The molecule has 2 aliphatic rings. The molecule has 1 amide bonds. The molecule has 1 atom stereocenters. The molecule has 2 aliphatic heterocycles. The topological polar surface area (TPSA) is 53.4 Å². The molecule has 1 aromatic heterocycles. The Morgan fingerprint density at radius 2 is 2.00 bits per heavy atom. The van der Waals surface area contributed by atoms with Gasteiger partial charge in [-0.05, 0) is 65.2 Å². The number of piperidine rings is 1. The standard InChI is InChI=1S/C18H31N5O/c1-15-17(13-21(2)20-15)19-18(24)14-23-11-4-3-7-16(23)8-12-22-9-5-6-10-22/h13,16H,3-12,14H2,1-2H3,(H,19,24). The molecule has 24 heavy (non-hydrogen) atoms. The second-order valence-electron chi connectivity index (χ2n) is 7.31. The van der Waals surface area contributed by atoms with Crippen LogP contribution in [0.3, 0.4) is 0 Å². The lowest BCUT2D eigenvalue weighted by Gasteiger charge is -2.36. The molecule has 0 bridgehead atoms. The van der Waals surface area contributed by atoms with E-state index in [-0.39, 0.29) is 5.91 Å². The number of rotatable bonds is 6. The Balaban J connectivity index is 1.50. The van der Waals surface area contributed by atoms with E-state index in [2.05, 4.69) is 20.2 Å². The maximum absolute atomic E-state index is 12.4. The van der Waals surface area contributed by atoms with Crippen molar-refractivity contribution in [3.05, 3.63) is 11.9 Å². The predicted octanol–water partition coefficient (Wildman–Crippen LogP) is 2.01. The highest BCUT2D eigenvalue weighted by Gasteiger charge is 2.25. The lowest BCUT2D eigenvalue weighted by molar-refractivity contribution is -0.118. The molecule has 2 fully saturated rings. The molecular formula is C18H31N5O. The fraction of sp³-hybridized carbons (Fsp3) is 0.778. The van der Waals surface area contributed by atoms with Crippen molar-refractivity contribution in [2.75, 3.05) is 38.0 Å². The Morgan fingerprint density at radius 1 is 1.25 bits per heavy atom. The average molecular weight is 333 g/mol. The molecule has 0 radical (unpaired) electrons. The van der Waals surface area contributed by atoms with Gasteiger partial charge in [0.15, 0.2) is 0 Å². The Bertz CT molecular complexity index is 550. The first-order chi connectivity index (χ1) is 11.6. The van der Waals surface area contributed by atoms with Gasteiger partial charge in [-0.25, -0.2) is 0 Å². The minimum absolute atomic E-state index is 0.0826. The third-order valence-electron chi connectivity index (χ3n) is 5.36. The highest BCUT2D eigenvalue weighted by atomic mass is 16.2. The molecule has 0 aliphatic carbocycles. The average Bonchev–Trinajstić information content (AvgIpc) is 3.16. The lowest BCUT2D eigenvalue weighted by Crippen LogP contribution is -2.45. The second-order valence-corrected chi connectivity index (χ2v) is 7.31. The molecular weight excluding hydrogens is 302 g/mol. The van der Waals surface area contributed by atoms with Gasteiger partial charge in [-0.2, -0.15) is 5.10 Å². The first-order valence-corrected chi connectivity index (χ1v) is 9.38. The second kappa shape index (κ2) is 8.12. The maximum Gasteiger partial charge on any atom is 0.238 e. The maximum atomic E-state index is 12.4. The van der Waals surface area contributed by atoms with Gasteiger partial charge >= 0.3 is 0 Å². The number of aryl methyl sites for hydroxylation is 2. The van der Waals surface area contributed by atoms with Crippen molar-refractivity contribution >= 4 is 11.6 Å². The zero-order valence-electron chi connectivity index (χ0n) is 15.1. The molecule has 6 heteroatoms. The van der Waals surface area contributed by atoms with E-state index >= 15 is 0 Å². The van der Waals surface area contributed by atoms with Crippen molar-refractivity contribution in [3.8, 4) is 0 Å². The number of nitrogens with one attached hydrogen (secondary N) is 1. The van der Waals surface area contributed by atoms with Crippen molar-refractivity contribution < 1.29 is 4.79 Å². The molecule has 0 spiro atoms. The minimum Gasteiger partial charge on any atom is -0.322 e. The number of carbonyl (C=O) groups excluding carboxylic acids is 1. The van der Waals surface area contributed by atoms with Crippen LogP contribution in [-0.4, -0.2) is 64.3 Å². The zero-order chi connectivity index (χ0) is 16.9. The molecule has 0 aromatic carbocycles. The van der Waals surface area contributed by atoms with Crippen LogP contribution in [0.4, 0.5) is 5.69 Å². The highest BCUT2D eigenvalue weighted by Crippen LogP contribution is 2.21. The summed E-state index contributed by atoms with van der Waals surface area (Å²) in [6.07, 6.45) is 9.49. The summed E-state index contributed by atoms with van der Waals surface area (Å²) >= 11 is 0. The van der Waals surface area contributed by atoms with E-state index in [4.69, 9.17) is 0 Å². The Kier molecular flexibility index (Phi) is 5.89. The molecule has 2 saturated heterocycles. The summed E-state index contributed by atoms with van der Waals surface area (Å²) in [7, 11) is 1.88. The molecule has 6 nitrogen and oxygen atoms in total. The van der Waals surface area contributed by atoms with Gasteiger partial charge in [-0.1, -0.05) is 6.42 Å². The fourth-order valence-corrected chi connectivity index (χ4v) is 4.03. The van der Waals surface area contributed by atoms with Gasteiger partial charge in [-0.3, -0.25) is 14.4 Å². The molecule has 0 saturated carbocycles. The number of carbonyl (C=O) groups is 1. The van der Waals surface area contributed by atoms with Gasteiger partial charge < -0.3 is 10.2 Å². The van der Waals surface area contributed by atoms with Gasteiger partial charge in [0.05, 0.1) is 17.9 Å². The van der Waals surface area contributed by atoms with E-state index < -0.39 is 0 Å². The molecule has 3 rings (SSSR count). The van der Waals surface area contributed by atoms with E-state index in [1.165, 1.54) is 58.2 Å². The molecule has 1 unspecified atom stereocenters. The monoisotopic (exact) mass is 333 g/mol. The fourth-order valence-electron chi connectivity index (χ4n) is 4.03. The van der Waals surface area contributed by atoms with Crippen molar-refractivity contribution in [1.29, 1.82) is 0 Å². The lowest BCUT2D eigenvalue weighted by atomic mass is 9.99. The van der Waals surface area contributed by atoms with E-state index in [1.54, 1.807) is 4.68 Å². The van der Waals surface area contributed by atoms with Crippen LogP contribution in [0.1, 0.15) is 44.2 Å². The summed E-state index contributed by atoms with van der Waals surface area (Å²) in [6, 6.07) is 0.556. The highest BCUT2D eigenvalue weighted by molar-refractivity contribution is 5.92. The van der Waals surface area contributed by atoms with Crippen LogP contribution in [0, 0.1) is 6.92 Å². The summed E-state index contributed by atoms with van der Waals surface area (Å²) in [6.45, 7) is 7.17. The van der Waals surface area contributed by atoms with Gasteiger partial charge in [0.2, 0.25) is 5.91 Å². The van der Waals surface area contributed by atoms with Crippen LogP contribution < -0.4 is 5.32 Å². The van der Waals surface area contributed by atoms with Crippen LogP contribution >= 0.6 is 0 Å². The van der Waals surface area contributed by atoms with Crippen LogP contribution in [0.15, 0.2) is 6.20 Å². The van der Waals surface area contributed by atoms with E-state index in [1.807, 2.05) is 20.2 Å². The normalized spacial score (nSPS) is 22.8. The van der Waals surface area contributed by atoms with Gasteiger partial charge in [0, 0.05) is 19.3 Å². The zero-order valence-corrected chi connectivity index (χ0v) is 15.1. The Labute approximate surface area is 145 Å². The number of amides is 1. The first kappa shape index (κ1) is 17.4. The Morgan fingerprint density at radius 3 is 2.71 bits per heavy atom. The van der Waals surface area contributed by atoms with E-state index in [0.29, 0.717) is 12.6 Å². The van der Waals surface area contributed by atoms with E-state index in [0.717, 1.165) is 17.9 Å². The third kappa shape index (κ3) is 4.57. The summed E-state index contributed by atoms with van der Waals surface area (Å²) in [5.41, 5.74) is 1.70. The largest absolute Gasteiger partial charge is 0.322 e. The number of hydrogen-bond donors (Lipinski definition) is 1. The minimum atomic E-state index is 0.0826. The predicted molar refractivity (Wildman–Crippen MR) is 96.1 cm³/mol. The van der Waals surface area contributed by atoms with Crippen LogP contribution in [0.25, 0.3) is 0 Å². The van der Waals surface area contributed by atoms with Gasteiger partial charge in [0.25, 0.3) is 0 Å². The van der Waals surface area contributed by atoms with Crippen molar-refractivity contribution in [2.45, 2.75) is 51.5 Å². The molecule has 1 aromatic rings. The Hall–Kier alpha value is -1.40. The quantitative estimate of drug-likeness (QED) is 0.865. The van der Waals surface area contributed by atoms with Crippen molar-refractivity contribution in [3.63, 3.8) is 0 Å². The SMILES string of the molecule is Cc1nn(C)cc1NC(=O)CN1CCCCC1CCN1CCCC1. The van der Waals surface area contributed by atoms with Gasteiger partial charge in [0.1, 0.15) is 0 Å². The summed E-state index contributed by atoms with van der Waals surface area (Å²) in [5, 5.41) is 7.30. The number of nitrogens with zero attached hydrogens (tertiary/aromatic N) is 4. The number of anilines is 1. The third-order valence-corrected chi connectivity index (χ3v) is 5.36. The van der Waals surface area contributed by atoms with Crippen molar-refractivity contribution in [1.82, 2.24) is 19.6 Å². The van der Waals surface area contributed by atoms with Crippen LogP contribution in [-0.2, 0) is 11.8 Å². The van der Waals surface area contributed by atoms with Gasteiger partial charge in [-0.15, -0.1) is 0 Å². The summed E-state index contributed by atoms with van der Waals surface area (Å²) in [4.78, 5) is 17.4. The van der Waals surface area contributed by atoms with Crippen LogP contribution in [0.5, 0.6) is 0 Å². The molecule has 3 heterocycles. The first-order valence-electron chi connectivity index (χ1n) is 9.38. The molecule has 134 valence electrons. The summed E-state index contributed by atoms with van der Waals surface area (Å²) in [5.74, 6) is 0.0826. The van der Waals surface area contributed by atoms with Crippen LogP contribution in [0.2, 0.25) is 0 Å². The number of likely N-dealkylation sites (tertiary alicyclic amines) is 2. The number of aromatic nitrogens is 2. The van der Waals surface area contributed by atoms with E-state index in [9.17, 15) is 4.79 Å². The number of hydrogen-bond acceptors (Lipinski definition) is 4.